The molecule has 0 amide bonds. The van der Waals surface area contributed by atoms with Crippen LogP contribution in [0.5, 0.6) is 0 Å². The smallest absolute Gasteiger partial charge is 0.138 e. The molecule has 3 nitrogen and oxygen atoms in total. The zero-order chi connectivity index (χ0) is 14.2. The van der Waals surface area contributed by atoms with Crippen LogP contribution in [-0.4, -0.2) is 16.5 Å². The largest absolute Gasteiger partial charge is 0.369 e. The lowest BCUT2D eigenvalue weighted by Gasteiger charge is -2.33. The highest BCUT2D eigenvalue weighted by Gasteiger charge is 2.27. The average molecular weight is 289 g/mol. The van der Waals surface area contributed by atoms with Gasteiger partial charge in [-0.1, -0.05) is 26.2 Å². The molecule has 0 bridgehead atoms. The molecule has 0 atom stereocenters. The SMILES string of the molecule is Cc1sc2ncnc(NCC3(C)CCCCC3)c2c1C. The molecule has 0 spiro atoms. The fourth-order valence-electron chi connectivity index (χ4n) is 3.20. The highest BCUT2D eigenvalue weighted by Crippen LogP contribution is 2.37. The molecule has 2 aromatic heterocycles. The monoisotopic (exact) mass is 289 g/mol. The van der Waals surface area contributed by atoms with Gasteiger partial charge in [0.05, 0.1) is 5.39 Å². The van der Waals surface area contributed by atoms with E-state index >= 15 is 0 Å². The summed E-state index contributed by atoms with van der Waals surface area (Å²) in [5.74, 6) is 1.02. The van der Waals surface area contributed by atoms with Crippen molar-refractivity contribution in [2.75, 3.05) is 11.9 Å². The molecule has 3 rings (SSSR count). The lowest BCUT2D eigenvalue weighted by Crippen LogP contribution is -2.29. The molecule has 1 saturated carbocycles. The van der Waals surface area contributed by atoms with Crippen LogP contribution >= 0.6 is 11.3 Å². The summed E-state index contributed by atoms with van der Waals surface area (Å²) < 4.78 is 0. The first-order valence-electron chi connectivity index (χ1n) is 7.54. The van der Waals surface area contributed by atoms with Crippen LogP contribution in [0.2, 0.25) is 0 Å². The van der Waals surface area contributed by atoms with E-state index in [-0.39, 0.29) is 0 Å². The van der Waals surface area contributed by atoms with Gasteiger partial charge in [-0.15, -0.1) is 11.3 Å². The fraction of sp³-hybridized carbons (Fsp3) is 0.625. The predicted molar refractivity (Wildman–Crippen MR) is 86.6 cm³/mol. The Kier molecular flexibility index (Phi) is 3.67. The Morgan fingerprint density at radius 3 is 2.70 bits per heavy atom. The molecular formula is C16H23N3S. The third kappa shape index (κ3) is 2.53. The van der Waals surface area contributed by atoms with E-state index < -0.39 is 0 Å². The molecule has 0 saturated heterocycles. The van der Waals surface area contributed by atoms with Crippen molar-refractivity contribution in [1.29, 1.82) is 0 Å². The van der Waals surface area contributed by atoms with Gasteiger partial charge in [-0.25, -0.2) is 9.97 Å². The first-order chi connectivity index (χ1) is 9.59. The van der Waals surface area contributed by atoms with Crippen molar-refractivity contribution in [3.63, 3.8) is 0 Å². The van der Waals surface area contributed by atoms with E-state index in [1.165, 1.54) is 47.9 Å². The summed E-state index contributed by atoms with van der Waals surface area (Å²) in [7, 11) is 0. The van der Waals surface area contributed by atoms with Gasteiger partial charge in [0.1, 0.15) is 17.0 Å². The van der Waals surface area contributed by atoms with Crippen LogP contribution in [0.15, 0.2) is 6.33 Å². The van der Waals surface area contributed by atoms with E-state index in [1.54, 1.807) is 17.7 Å². The van der Waals surface area contributed by atoms with Crippen molar-refractivity contribution in [3.8, 4) is 0 Å². The lowest BCUT2D eigenvalue weighted by molar-refractivity contribution is 0.233. The standard InChI is InChI=1S/C16H23N3S/c1-11-12(2)20-15-13(11)14(18-10-19-15)17-9-16(3)7-5-4-6-8-16/h10H,4-9H2,1-3H3,(H,17,18,19). The number of aryl methyl sites for hydroxylation is 2. The molecule has 1 aliphatic rings. The fourth-order valence-corrected chi connectivity index (χ4v) is 4.19. The second-order valence-electron chi connectivity index (χ2n) is 6.41. The summed E-state index contributed by atoms with van der Waals surface area (Å²) in [4.78, 5) is 11.3. The predicted octanol–water partition coefficient (Wildman–Crippen LogP) is 4.69. The Labute approximate surface area is 124 Å². The minimum Gasteiger partial charge on any atom is -0.369 e. The van der Waals surface area contributed by atoms with E-state index in [1.807, 2.05) is 0 Å². The maximum atomic E-state index is 4.48. The van der Waals surface area contributed by atoms with Crippen molar-refractivity contribution < 1.29 is 0 Å². The number of nitrogens with one attached hydrogen (secondary N) is 1. The third-order valence-electron chi connectivity index (χ3n) is 4.71. The number of thiophene rings is 1. The molecule has 1 aliphatic carbocycles. The minimum atomic E-state index is 0.425. The maximum absolute atomic E-state index is 4.48. The van der Waals surface area contributed by atoms with E-state index in [2.05, 4.69) is 36.1 Å². The van der Waals surface area contributed by atoms with Gasteiger partial charge in [-0.05, 0) is 37.7 Å². The number of fused-ring (bicyclic) bond motifs is 1. The van der Waals surface area contributed by atoms with Crippen molar-refractivity contribution in [3.05, 3.63) is 16.8 Å². The van der Waals surface area contributed by atoms with Crippen molar-refractivity contribution in [2.45, 2.75) is 52.9 Å². The van der Waals surface area contributed by atoms with Gasteiger partial charge in [0.25, 0.3) is 0 Å². The van der Waals surface area contributed by atoms with Gasteiger partial charge in [0.15, 0.2) is 0 Å². The Bertz CT molecular complexity index is 611. The third-order valence-corrected chi connectivity index (χ3v) is 5.82. The number of hydrogen-bond donors (Lipinski definition) is 1. The Hall–Kier alpha value is -1.16. The van der Waals surface area contributed by atoms with Crippen LogP contribution in [-0.2, 0) is 0 Å². The van der Waals surface area contributed by atoms with Crippen LogP contribution in [0.25, 0.3) is 10.2 Å². The van der Waals surface area contributed by atoms with E-state index in [9.17, 15) is 0 Å². The number of rotatable bonds is 3. The Morgan fingerprint density at radius 2 is 1.95 bits per heavy atom. The molecule has 0 unspecified atom stereocenters. The van der Waals surface area contributed by atoms with Crippen molar-refractivity contribution in [1.82, 2.24) is 9.97 Å². The second-order valence-corrected chi connectivity index (χ2v) is 7.61. The molecule has 0 aromatic carbocycles. The maximum Gasteiger partial charge on any atom is 0.138 e. The van der Waals surface area contributed by atoms with Crippen molar-refractivity contribution >= 4 is 27.4 Å². The number of nitrogens with zero attached hydrogens (tertiary/aromatic N) is 2. The van der Waals surface area contributed by atoms with Gasteiger partial charge < -0.3 is 5.32 Å². The zero-order valence-corrected chi connectivity index (χ0v) is 13.4. The Balaban J connectivity index is 1.84. The topological polar surface area (TPSA) is 37.8 Å². The summed E-state index contributed by atoms with van der Waals surface area (Å²) >= 11 is 1.76. The van der Waals surface area contributed by atoms with Gasteiger partial charge in [-0.3, -0.25) is 0 Å². The molecule has 0 radical (unpaired) electrons. The summed E-state index contributed by atoms with van der Waals surface area (Å²) in [6, 6.07) is 0. The second kappa shape index (κ2) is 5.32. The van der Waals surface area contributed by atoms with Crippen LogP contribution in [0, 0.1) is 19.3 Å². The molecule has 20 heavy (non-hydrogen) atoms. The van der Waals surface area contributed by atoms with Crippen LogP contribution in [0.4, 0.5) is 5.82 Å². The van der Waals surface area contributed by atoms with Gasteiger partial charge in [0.2, 0.25) is 0 Å². The molecule has 2 aromatic rings. The molecular weight excluding hydrogens is 266 g/mol. The number of aromatic nitrogens is 2. The zero-order valence-electron chi connectivity index (χ0n) is 12.6. The van der Waals surface area contributed by atoms with E-state index in [4.69, 9.17) is 0 Å². The van der Waals surface area contributed by atoms with Gasteiger partial charge >= 0.3 is 0 Å². The van der Waals surface area contributed by atoms with E-state index in [0.29, 0.717) is 5.41 Å². The average Bonchev–Trinajstić information content (AvgIpc) is 2.73. The molecule has 4 heteroatoms. The molecule has 1 N–H and O–H groups in total. The summed E-state index contributed by atoms with van der Waals surface area (Å²) in [6.07, 6.45) is 8.48. The summed E-state index contributed by atoms with van der Waals surface area (Å²) in [5.41, 5.74) is 1.75. The summed E-state index contributed by atoms with van der Waals surface area (Å²) in [6.45, 7) is 7.76. The summed E-state index contributed by atoms with van der Waals surface area (Å²) in [5, 5.41) is 4.82. The normalized spacial score (nSPS) is 18.4. The van der Waals surface area contributed by atoms with Crippen LogP contribution in [0.1, 0.15) is 49.5 Å². The van der Waals surface area contributed by atoms with Gasteiger partial charge in [-0.2, -0.15) is 0 Å². The van der Waals surface area contributed by atoms with Crippen molar-refractivity contribution in [2.24, 2.45) is 5.41 Å². The molecule has 0 aliphatic heterocycles. The van der Waals surface area contributed by atoms with Gasteiger partial charge in [0, 0.05) is 11.4 Å². The Morgan fingerprint density at radius 1 is 1.20 bits per heavy atom. The molecule has 108 valence electrons. The molecule has 2 heterocycles. The molecule has 1 fully saturated rings. The lowest BCUT2D eigenvalue weighted by atomic mass is 9.76. The first-order valence-corrected chi connectivity index (χ1v) is 8.35. The highest BCUT2D eigenvalue weighted by molar-refractivity contribution is 7.18. The van der Waals surface area contributed by atoms with Crippen LogP contribution < -0.4 is 5.32 Å². The minimum absolute atomic E-state index is 0.425. The highest BCUT2D eigenvalue weighted by atomic mass is 32.1. The number of anilines is 1. The van der Waals surface area contributed by atoms with E-state index in [0.717, 1.165) is 17.2 Å². The number of hydrogen-bond acceptors (Lipinski definition) is 4. The quantitative estimate of drug-likeness (QED) is 0.890. The van der Waals surface area contributed by atoms with Crippen LogP contribution in [0.3, 0.4) is 0 Å². The first kappa shape index (κ1) is 13.8.